The Kier molecular flexibility index (Phi) is 5.31. The zero-order chi connectivity index (χ0) is 14.5. The molecule has 0 aliphatic rings. The summed E-state index contributed by atoms with van der Waals surface area (Å²) >= 11 is 0. The van der Waals surface area contributed by atoms with E-state index in [0.29, 0.717) is 6.42 Å². The fraction of sp³-hybridized carbons (Fsp3) is 0.417. The molecule has 19 heavy (non-hydrogen) atoms. The Morgan fingerprint density at radius 3 is 2.63 bits per heavy atom. The van der Waals surface area contributed by atoms with E-state index in [1.807, 2.05) is 6.92 Å². The Morgan fingerprint density at radius 1 is 1.42 bits per heavy atom. The lowest BCUT2D eigenvalue weighted by molar-refractivity contribution is -0.120. The van der Waals surface area contributed by atoms with E-state index in [9.17, 15) is 18.3 Å². The Labute approximate surface area is 113 Å². The number of sulfonamides is 1. The number of benzene rings is 1. The summed E-state index contributed by atoms with van der Waals surface area (Å²) in [5, 5.41) is 11.7. The summed E-state index contributed by atoms with van der Waals surface area (Å²) in [6.07, 6.45) is 0.592. The number of likely N-dealkylation sites (N-methyl/N-ethyl adjacent to an activating group) is 1. The van der Waals surface area contributed by atoms with Crippen LogP contribution in [0.3, 0.4) is 0 Å². The Morgan fingerprint density at radius 2 is 2.11 bits per heavy atom. The number of carbonyl (C=O) groups excluding carboxylic acids is 1. The third-order valence-corrected chi connectivity index (χ3v) is 4.37. The van der Waals surface area contributed by atoms with E-state index in [4.69, 9.17) is 0 Å². The van der Waals surface area contributed by atoms with Crippen LogP contribution in [0, 0.1) is 0 Å². The smallest absolute Gasteiger partial charge is 0.243 e. The van der Waals surface area contributed by atoms with E-state index in [1.54, 1.807) is 0 Å². The molecule has 0 aliphatic heterocycles. The van der Waals surface area contributed by atoms with Crippen LogP contribution in [0.15, 0.2) is 29.2 Å². The minimum Gasteiger partial charge on any atom is -0.508 e. The van der Waals surface area contributed by atoms with Crippen LogP contribution in [-0.4, -0.2) is 43.9 Å². The van der Waals surface area contributed by atoms with E-state index in [-0.39, 0.29) is 29.6 Å². The summed E-state index contributed by atoms with van der Waals surface area (Å²) in [4.78, 5) is 11.4. The van der Waals surface area contributed by atoms with Gasteiger partial charge in [0, 0.05) is 13.6 Å². The molecule has 0 heterocycles. The predicted molar refractivity (Wildman–Crippen MR) is 71.2 cm³/mol. The highest BCUT2D eigenvalue weighted by Crippen LogP contribution is 2.20. The normalized spacial score (nSPS) is 11.5. The van der Waals surface area contributed by atoms with Gasteiger partial charge in [-0.15, -0.1) is 0 Å². The van der Waals surface area contributed by atoms with Gasteiger partial charge in [-0.3, -0.25) is 4.79 Å². The van der Waals surface area contributed by atoms with E-state index in [2.05, 4.69) is 5.32 Å². The van der Waals surface area contributed by atoms with Crippen molar-refractivity contribution in [3.63, 3.8) is 0 Å². The Bertz CT molecular complexity index is 542. The van der Waals surface area contributed by atoms with E-state index in [1.165, 1.54) is 31.3 Å². The van der Waals surface area contributed by atoms with Gasteiger partial charge in [-0.25, -0.2) is 8.42 Å². The standard InChI is InChI=1S/C12H18N2O4S/c1-3-7-14(9-12(16)13-2)19(17,18)11-6-4-5-10(15)8-11/h4-6,8,15H,3,7,9H2,1-2H3,(H,13,16). The van der Waals surface area contributed by atoms with Crippen molar-refractivity contribution in [1.82, 2.24) is 9.62 Å². The van der Waals surface area contributed by atoms with Gasteiger partial charge in [0.05, 0.1) is 11.4 Å². The van der Waals surface area contributed by atoms with Gasteiger partial charge in [0.1, 0.15) is 5.75 Å². The average Bonchev–Trinajstić information content (AvgIpc) is 2.38. The molecule has 2 N–H and O–H groups in total. The van der Waals surface area contributed by atoms with Crippen molar-refractivity contribution in [3.8, 4) is 5.75 Å². The molecule has 106 valence electrons. The molecule has 1 aromatic rings. The summed E-state index contributed by atoms with van der Waals surface area (Å²) in [6, 6.07) is 5.40. The maximum atomic E-state index is 12.4. The second kappa shape index (κ2) is 6.53. The van der Waals surface area contributed by atoms with Gasteiger partial charge in [-0.2, -0.15) is 4.31 Å². The molecule has 6 nitrogen and oxygen atoms in total. The topological polar surface area (TPSA) is 86.7 Å². The van der Waals surface area contributed by atoms with Crippen molar-refractivity contribution in [1.29, 1.82) is 0 Å². The zero-order valence-electron chi connectivity index (χ0n) is 11.0. The van der Waals surface area contributed by atoms with Crippen molar-refractivity contribution in [2.24, 2.45) is 0 Å². The molecule has 0 saturated carbocycles. The Hall–Kier alpha value is -1.60. The summed E-state index contributed by atoms with van der Waals surface area (Å²) in [6.45, 7) is 1.84. The van der Waals surface area contributed by atoms with Crippen LogP contribution in [0.5, 0.6) is 5.75 Å². The van der Waals surface area contributed by atoms with Crippen LogP contribution in [-0.2, 0) is 14.8 Å². The first-order valence-electron chi connectivity index (χ1n) is 5.91. The highest BCUT2D eigenvalue weighted by molar-refractivity contribution is 7.89. The highest BCUT2D eigenvalue weighted by atomic mass is 32.2. The third kappa shape index (κ3) is 3.93. The molecular weight excluding hydrogens is 268 g/mol. The lowest BCUT2D eigenvalue weighted by Gasteiger charge is -2.20. The van der Waals surface area contributed by atoms with E-state index >= 15 is 0 Å². The van der Waals surface area contributed by atoms with Gasteiger partial charge in [0.15, 0.2) is 0 Å². The number of hydrogen-bond donors (Lipinski definition) is 2. The van der Waals surface area contributed by atoms with Gasteiger partial charge >= 0.3 is 0 Å². The van der Waals surface area contributed by atoms with Gasteiger partial charge in [0.2, 0.25) is 15.9 Å². The molecule has 0 atom stereocenters. The van der Waals surface area contributed by atoms with E-state index < -0.39 is 10.0 Å². The lowest BCUT2D eigenvalue weighted by Crippen LogP contribution is -2.40. The number of amides is 1. The van der Waals surface area contributed by atoms with Crippen molar-refractivity contribution in [2.75, 3.05) is 20.1 Å². The number of aromatic hydroxyl groups is 1. The summed E-state index contributed by atoms with van der Waals surface area (Å²) in [5.74, 6) is -0.505. The molecule has 0 aromatic heterocycles. The first-order chi connectivity index (χ1) is 8.91. The number of hydrogen-bond acceptors (Lipinski definition) is 4. The number of carbonyl (C=O) groups is 1. The van der Waals surface area contributed by atoms with Crippen LogP contribution in [0.1, 0.15) is 13.3 Å². The lowest BCUT2D eigenvalue weighted by atomic mass is 10.3. The van der Waals surface area contributed by atoms with Crippen LogP contribution in [0.25, 0.3) is 0 Å². The first kappa shape index (κ1) is 15.5. The van der Waals surface area contributed by atoms with Crippen molar-refractivity contribution >= 4 is 15.9 Å². The van der Waals surface area contributed by atoms with Gasteiger partial charge in [0.25, 0.3) is 0 Å². The fourth-order valence-corrected chi connectivity index (χ4v) is 3.09. The third-order valence-electron chi connectivity index (χ3n) is 2.53. The van der Waals surface area contributed by atoms with Crippen LogP contribution >= 0.6 is 0 Å². The second-order valence-corrected chi connectivity index (χ2v) is 5.95. The number of nitrogens with zero attached hydrogens (tertiary/aromatic N) is 1. The molecule has 0 aliphatic carbocycles. The molecular formula is C12H18N2O4S. The minimum atomic E-state index is -3.78. The maximum Gasteiger partial charge on any atom is 0.243 e. The maximum absolute atomic E-state index is 12.4. The molecule has 0 unspecified atom stereocenters. The summed E-state index contributed by atoms with van der Waals surface area (Å²) < 4.78 is 25.8. The molecule has 1 amide bonds. The van der Waals surface area contributed by atoms with Gasteiger partial charge < -0.3 is 10.4 Å². The molecule has 7 heteroatoms. The zero-order valence-corrected chi connectivity index (χ0v) is 11.8. The summed E-state index contributed by atoms with van der Waals surface area (Å²) in [5.41, 5.74) is 0. The first-order valence-corrected chi connectivity index (χ1v) is 7.35. The molecule has 0 fully saturated rings. The van der Waals surface area contributed by atoms with Gasteiger partial charge in [-0.1, -0.05) is 13.0 Å². The Balaban J connectivity index is 3.09. The van der Waals surface area contributed by atoms with Crippen LogP contribution < -0.4 is 5.32 Å². The largest absolute Gasteiger partial charge is 0.508 e. The average molecular weight is 286 g/mol. The van der Waals surface area contributed by atoms with Crippen molar-refractivity contribution in [2.45, 2.75) is 18.2 Å². The highest BCUT2D eigenvalue weighted by Gasteiger charge is 2.25. The van der Waals surface area contributed by atoms with Crippen LogP contribution in [0.4, 0.5) is 0 Å². The summed E-state index contributed by atoms with van der Waals surface area (Å²) in [7, 11) is -2.33. The molecule has 0 radical (unpaired) electrons. The molecule has 0 bridgehead atoms. The number of phenolic OH excluding ortho intramolecular Hbond substituents is 1. The fourth-order valence-electron chi connectivity index (χ4n) is 1.57. The predicted octanol–water partition coefficient (Wildman–Crippen LogP) is 0.539. The number of nitrogens with one attached hydrogen (secondary N) is 1. The van der Waals surface area contributed by atoms with Crippen molar-refractivity contribution in [3.05, 3.63) is 24.3 Å². The molecule has 1 aromatic carbocycles. The SMILES string of the molecule is CCCN(CC(=O)NC)S(=O)(=O)c1cccc(O)c1. The number of rotatable bonds is 6. The molecule has 0 saturated heterocycles. The van der Waals surface area contributed by atoms with E-state index in [0.717, 1.165) is 4.31 Å². The second-order valence-electron chi connectivity index (χ2n) is 4.01. The molecule has 1 rings (SSSR count). The molecule has 0 spiro atoms. The van der Waals surface area contributed by atoms with Crippen LogP contribution in [0.2, 0.25) is 0 Å². The minimum absolute atomic E-state index is 0.0233. The number of phenols is 1. The monoisotopic (exact) mass is 286 g/mol. The van der Waals surface area contributed by atoms with Crippen molar-refractivity contribution < 1.29 is 18.3 Å². The quantitative estimate of drug-likeness (QED) is 0.799. The van der Waals surface area contributed by atoms with Gasteiger partial charge in [-0.05, 0) is 24.6 Å².